The van der Waals surface area contributed by atoms with Crippen LogP contribution in [-0.4, -0.2) is 59.1 Å². The molecule has 0 aliphatic carbocycles. The molecule has 3 atom stereocenters. The molecule has 1 saturated heterocycles. The number of likely N-dealkylation sites (tertiary alicyclic amines) is 1. The Labute approximate surface area is 160 Å². The van der Waals surface area contributed by atoms with E-state index in [1.165, 1.54) is 42.0 Å². The van der Waals surface area contributed by atoms with E-state index in [0.717, 1.165) is 0 Å². The van der Waals surface area contributed by atoms with Crippen molar-refractivity contribution < 1.29 is 32.3 Å². The summed E-state index contributed by atoms with van der Waals surface area (Å²) in [5, 5.41) is 9.06. The fraction of sp³-hybridized carbons (Fsp3) is 0.529. The van der Waals surface area contributed by atoms with E-state index in [1.54, 1.807) is 6.07 Å². The van der Waals surface area contributed by atoms with Crippen LogP contribution in [0.1, 0.15) is 12.5 Å². The Morgan fingerprint density at radius 3 is 2.44 bits per heavy atom. The molecule has 0 spiro atoms. The minimum absolute atomic E-state index is 0. The number of aliphatic carboxylic acids is 1. The van der Waals surface area contributed by atoms with Crippen LogP contribution in [0.25, 0.3) is 0 Å². The van der Waals surface area contributed by atoms with Gasteiger partial charge in [0.05, 0.1) is 17.9 Å². The molecular formula is C17H21ClF4N2O3. The monoisotopic (exact) mass is 412 g/mol. The highest BCUT2D eigenvalue weighted by atomic mass is 35.5. The maximum absolute atomic E-state index is 13.2. The number of rotatable bonds is 5. The van der Waals surface area contributed by atoms with Crippen molar-refractivity contribution in [3.8, 4) is 0 Å². The van der Waals surface area contributed by atoms with Crippen LogP contribution in [0.15, 0.2) is 24.3 Å². The number of hydrogen-bond donors (Lipinski definition) is 1. The first-order valence-corrected chi connectivity index (χ1v) is 8.03. The van der Waals surface area contributed by atoms with Gasteiger partial charge in [0.25, 0.3) is 0 Å². The lowest BCUT2D eigenvalue weighted by atomic mass is 9.96. The van der Waals surface area contributed by atoms with Crippen LogP contribution in [0.3, 0.4) is 0 Å². The summed E-state index contributed by atoms with van der Waals surface area (Å²) in [7, 11) is 1.47. The van der Waals surface area contributed by atoms with Gasteiger partial charge in [0.2, 0.25) is 5.91 Å². The van der Waals surface area contributed by atoms with Crippen LogP contribution >= 0.6 is 12.4 Å². The van der Waals surface area contributed by atoms with Gasteiger partial charge in [-0.1, -0.05) is 12.1 Å². The Morgan fingerprint density at radius 2 is 1.96 bits per heavy atom. The van der Waals surface area contributed by atoms with Gasteiger partial charge < -0.3 is 10.0 Å². The third-order valence-corrected chi connectivity index (χ3v) is 4.68. The average molecular weight is 413 g/mol. The summed E-state index contributed by atoms with van der Waals surface area (Å²) >= 11 is 0. The number of likely N-dealkylation sites (N-methyl/N-ethyl adjacent to an activating group) is 1. The van der Waals surface area contributed by atoms with Gasteiger partial charge in [0.1, 0.15) is 5.82 Å². The van der Waals surface area contributed by atoms with Crippen LogP contribution < -0.4 is 0 Å². The van der Waals surface area contributed by atoms with Crippen molar-refractivity contribution in [2.45, 2.75) is 25.7 Å². The minimum atomic E-state index is -4.64. The fourth-order valence-electron chi connectivity index (χ4n) is 3.19. The number of benzene rings is 1. The van der Waals surface area contributed by atoms with E-state index in [-0.39, 0.29) is 25.5 Å². The topological polar surface area (TPSA) is 60.9 Å². The van der Waals surface area contributed by atoms with Crippen LogP contribution in [-0.2, 0) is 16.1 Å². The van der Waals surface area contributed by atoms with Crippen molar-refractivity contribution in [1.82, 2.24) is 9.80 Å². The third kappa shape index (κ3) is 5.55. The number of carboxylic acid groups (broad SMARTS) is 1. The van der Waals surface area contributed by atoms with Gasteiger partial charge >= 0.3 is 12.1 Å². The number of carbonyl (C=O) groups excluding carboxylic acids is 1. The second-order valence-electron chi connectivity index (χ2n) is 6.55. The van der Waals surface area contributed by atoms with Crippen LogP contribution in [0.4, 0.5) is 17.6 Å². The van der Waals surface area contributed by atoms with E-state index < -0.39 is 48.3 Å². The van der Waals surface area contributed by atoms with Crippen molar-refractivity contribution in [2.75, 3.05) is 20.1 Å². The van der Waals surface area contributed by atoms with Crippen molar-refractivity contribution in [2.24, 2.45) is 11.8 Å². The molecule has 152 valence electrons. The second kappa shape index (κ2) is 8.88. The van der Waals surface area contributed by atoms with Crippen LogP contribution in [0, 0.1) is 17.7 Å². The highest BCUT2D eigenvalue weighted by molar-refractivity contribution is 5.85. The van der Waals surface area contributed by atoms with E-state index in [2.05, 4.69) is 0 Å². The molecule has 1 fully saturated rings. The summed E-state index contributed by atoms with van der Waals surface area (Å²) < 4.78 is 52.4. The largest absolute Gasteiger partial charge is 0.481 e. The predicted octanol–water partition coefficient (Wildman–Crippen LogP) is 2.79. The molecule has 27 heavy (non-hydrogen) atoms. The molecule has 0 saturated carbocycles. The minimum Gasteiger partial charge on any atom is -0.481 e. The summed E-state index contributed by atoms with van der Waals surface area (Å²) in [5.74, 6) is -6.04. The van der Waals surface area contributed by atoms with Crippen LogP contribution in [0.5, 0.6) is 0 Å². The first kappa shape index (κ1) is 23.2. The van der Waals surface area contributed by atoms with Crippen molar-refractivity contribution >= 4 is 24.3 Å². The number of amides is 1. The predicted molar refractivity (Wildman–Crippen MR) is 91.8 cm³/mol. The molecule has 10 heteroatoms. The molecule has 1 N–H and O–H groups in total. The van der Waals surface area contributed by atoms with Gasteiger partial charge in [-0.05, 0) is 24.6 Å². The van der Waals surface area contributed by atoms with Crippen LogP contribution in [0.2, 0.25) is 0 Å². The van der Waals surface area contributed by atoms with Crippen molar-refractivity contribution in [3.05, 3.63) is 35.6 Å². The SMILES string of the molecule is CC(C(=O)N(C)Cc1cccc(F)c1)N1C[C@@H](C(F)(F)F)[C@H](C(=O)O)C1.Cl. The van der Waals surface area contributed by atoms with Gasteiger partial charge in [0, 0.05) is 26.7 Å². The van der Waals surface area contributed by atoms with E-state index >= 15 is 0 Å². The number of carboxylic acids is 1. The number of alkyl halides is 3. The smallest absolute Gasteiger partial charge is 0.393 e. The standard InChI is InChI=1S/C17H20F4N2O3.ClH/c1-10(15(24)22(2)7-11-4-3-5-12(18)6-11)23-8-13(16(25)26)14(9-23)17(19,20)21;/h3-6,10,13-14H,7-9H2,1-2H3,(H,25,26);1H/t10?,13-,14-;/m1./s1. The average Bonchev–Trinajstić information content (AvgIpc) is 2.99. The van der Waals surface area contributed by atoms with E-state index in [1.807, 2.05) is 0 Å². The maximum atomic E-state index is 13.2. The molecule has 0 radical (unpaired) electrons. The van der Waals surface area contributed by atoms with E-state index in [0.29, 0.717) is 5.56 Å². The summed E-state index contributed by atoms with van der Waals surface area (Å²) in [6.45, 7) is 0.656. The Bertz CT molecular complexity index is 686. The first-order chi connectivity index (χ1) is 12.0. The normalized spacial score (nSPS) is 21.4. The molecule has 1 heterocycles. The number of carbonyl (C=O) groups is 2. The fourth-order valence-corrected chi connectivity index (χ4v) is 3.19. The highest BCUT2D eigenvalue weighted by Crippen LogP contribution is 2.38. The first-order valence-electron chi connectivity index (χ1n) is 8.03. The highest BCUT2D eigenvalue weighted by Gasteiger charge is 2.53. The van der Waals surface area contributed by atoms with Crippen molar-refractivity contribution in [1.29, 1.82) is 0 Å². The molecule has 2 rings (SSSR count). The lowest BCUT2D eigenvalue weighted by Gasteiger charge is -2.28. The molecule has 1 aromatic rings. The van der Waals surface area contributed by atoms with Crippen molar-refractivity contribution in [3.63, 3.8) is 0 Å². The summed E-state index contributed by atoms with van der Waals surface area (Å²) in [6.07, 6.45) is -4.64. The summed E-state index contributed by atoms with van der Waals surface area (Å²) in [5.41, 5.74) is 0.547. The van der Waals surface area contributed by atoms with Gasteiger partial charge in [-0.25, -0.2) is 4.39 Å². The second-order valence-corrected chi connectivity index (χ2v) is 6.55. The summed E-state index contributed by atoms with van der Waals surface area (Å²) in [4.78, 5) is 26.2. The molecule has 0 bridgehead atoms. The van der Waals surface area contributed by atoms with E-state index in [4.69, 9.17) is 5.11 Å². The molecule has 5 nitrogen and oxygen atoms in total. The van der Waals surface area contributed by atoms with Gasteiger partial charge in [-0.2, -0.15) is 13.2 Å². The molecule has 1 unspecified atom stereocenters. The molecular weight excluding hydrogens is 392 g/mol. The van der Waals surface area contributed by atoms with Gasteiger partial charge in [-0.3, -0.25) is 14.5 Å². The maximum Gasteiger partial charge on any atom is 0.393 e. The molecule has 1 aliphatic heterocycles. The Morgan fingerprint density at radius 1 is 1.33 bits per heavy atom. The zero-order valence-electron chi connectivity index (χ0n) is 14.7. The van der Waals surface area contributed by atoms with Gasteiger partial charge in [-0.15, -0.1) is 12.4 Å². The van der Waals surface area contributed by atoms with Gasteiger partial charge in [0.15, 0.2) is 0 Å². The molecule has 1 aromatic carbocycles. The number of halogens is 5. The Kier molecular flexibility index (Phi) is 7.62. The molecule has 1 amide bonds. The zero-order valence-corrected chi connectivity index (χ0v) is 15.6. The molecule has 1 aliphatic rings. The zero-order chi connectivity index (χ0) is 19.6. The van der Waals surface area contributed by atoms with E-state index in [9.17, 15) is 27.2 Å². The Hall–Kier alpha value is -1.87. The molecule has 0 aromatic heterocycles. The quantitative estimate of drug-likeness (QED) is 0.755. The lowest BCUT2D eigenvalue weighted by molar-refractivity contribution is -0.188. The number of nitrogens with zero attached hydrogens (tertiary/aromatic N) is 2. The Balaban J connectivity index is 0.00000364. The summed E-state index contributed by atoms with van der Waals surface area (Å²) in [6, 6.07) is 4.75. The lowest BCUT2D eigenvalue weighted by Crippen LogP contribution is -2.45. The third-order valence-electron chi connectivity index (χ3n) is 4.68. The number of hydrogen-bond acceptors (Lipinski definition) is 3.